The smallest absolute Gasteiger partial charge is 0.0813 e. The van der Waals surface area contributed by atoms with E-state index < -0.39 is 0 Å². The first-order valence-electron chi connectivity index (χ1n) is 4.38. The van der Waals surface area contributed by atoms with Crippen molar-refractivity contribution in [2.75, 3.05) is 13.1 Å². The van der Waals surface area contributed by atoms with Crippen molar-refractivity contribution in [3.63, 3.8) is 0 Å². The molecule has 0 aromatic heterocycles. The van der Waals surface area contributed by atoms with Gasteiger partial charge in [-0.3, -0.25) is 0 Å². The summed E-state index contributed by atoms with van der Waals surface area (Å²) in [5.41, 5.74) is 11.3. The standard InChI is InChI=1S/C8H16N2O/c9-4-6-3-8(5-10)2-1-7(6)11-8/h6-7H,1-5,9-10H2. The summed E-state index contributed by atoms with van der Waals surface area (Å²) >= 11 is 0. The molecular weight excluding hydrogens is 140 g/mol. The molecule has 2 saturated heterocycles. The van der Waals surface area contributed by atoms with Crippen molar-refractivity contribution in [1.29, 1.82) is 0 Å². The van der Waals surface area contributed by atoms with Gasteiger partial charge in [0.05, 0.1) is 11.7 Å². The molecule has 2 bridgehead atoms. The molecule has 3 unspecified atom stereocenters. The molecule has 3 heteroatoms. The first kappa shape index (κ1) is 7.53. The molecule has 2 rings (SSSR count). The first-order chi connectivity index (χ1) is 5.29. The number of nitrogens with two attached hydrogens (primary N) is 2. The van der Waals surface area contributed by atoms with E-state index in [4.69, 9.17) is 16.2 Å². The lowest BCUT2D eigenvalue weighted by Gasteiger charge is -2.24. The van der Waals surface area contributed by atoms with Crippen LogP contribution < -0.4 is 11.5 Å². The zero-order chi connectivity index (χ0) is 7.90. The maximum Gasteiger partial charge on any atom is 0.0813 e. The molecule has 2 heterocycles. The Hall–Kier alpha value is -0.120. The second kappa shape index (κ2) is 2.44. The van der Waals surface area contributed by atoms with Crippen molar-refractivity contribution < 1.29 is 4.74 Å². The van der Waals surface area contributed by atoms with Crippen LogP contribution in [0.15, 0.2) is 0 Å². The van der Waals surface area contributed by atoms with E-state index in [1.54, 1.807) is 0 Å². The molecule has 2 fully saturated rings. The normalized spacial score (nSPS) is 48.5. The molecule has 0 aromatic carbocycles. The minimum absolute atomic E-state index is 0.0225. The largest absolute Gasteiger partial charge is 0.370 e. The molecule has 0 radical (unpaired) electrons. The Labute approximate surface area is 67.1 Å². The Kier molecular flexibility index (Phi) is 1.67. The summed E-state index contributed by atoms with van der Waals surface area (Å²) in [6, 6.07) is 0. The molecule has 4 N–H and O–H groups in total. The molecule has 2 aliphatic rings. The van der Waals surface area contributed by atoms with Crippen LogP contribution in [-0.4, -0.2) is 24.8 Å². The molecule has 3 nitrogen and oxygen atoms in total. The van der Waals surface area contributed by atoms with E-state index >= 15 is 0 Å². The summed E-state index contributed by atoms with van der Waals surface area (Å²) in [4.78, 5) is 0. The van der Waals surface area contributed by atoms with Gasteiger partial charge in [-0.1, -0.05) is 0 Å². The van der Waals surface area contributed by atoms with E-state index in [0.29, 0.717) is 18.6 Å². The summed E-state index contributed by atoms with van der Waals surface area (Å²) in [7, 11) is 0. The van der Waals surface area contributed by atoms with Gasteiger partial charge in [0.25, 0.3) is 0 Å². The minimum Gasteiger partial charge on any atom is -0.370 e. The predicted molar refractivity (Wildman–Crippen MR) is 43.1 cm³/mol. The van der Waals surface area contributed by atoms with Crippen molar-refractivity contribution >= 4 is 0 Å². The van der Waals surface area contributed by atoms with Gasteiger partial charge in [0.2, 0.25) is 0 Å². The van der Waals surface area contributed by atoms with Crippen molar-refractivity contribution in [3.05, 3.63) is 0 Å². The van der Waals surface area contributed by atoms with E-state index in [0.717, 1.165) is 19.4 Å². The van der Waals surface area contributed by atoms with Crippen molar-refractivity contribution in [1.82, 2.24) is 0 Å². The highest BCUT2D eigenvalue weighted by molar-refractivity contribution is 5.01. The quantitative estimate of drug-likeness (QED) is 0.584. The van der Waals surface area contributed by atoms with Crippen LogP contribution in [0.1, 0.15) is 19.3 Å². The molecule has 0 amide bonds. The zero-order valence-corrected chi connectivity index (χ0v) is 6.75. The fraction of sp³-hybridized carbons (Fsp3) is 1.00. The van der Waals surface area contributed by atoms with Gasteiger partial charge in [-0.05, 0) is 25.8 Å². The zero-order valence-electron chi connectivity index (χ0n) is 6.75. The molecule has 0 saturated carbocycles. The van der Waals surface area contributed by atoms with Crippen LogP contribution in [0.2, 0.25) is 0 Å². The lowest BCUT2D eigenvalue weighted by molar-refractivity contribution is 0.0174. The van der Waals surface area contributed by atoms with E-state index in [1.807, 2.05) is 0 Å². The van der Waals surface area contributed by atoms with E-state index in [1.165, 1.54) is 6.42 Å². The van der Waals surface area contributed by atoms with Crippen LogP contribution in [0.4, 0.5) is 0 Å². The third-order valence-electron chi connectivity index (χ3n) is 3.12. The molecule has 0 aromatic rings. The highest BCUT2D eigenvalue weighted by Gasteiger charge is 2.50. The topological polar surface area (TPSA) is 61.3 Å². The van der Waals surface area contributed by atoms with Crippen LogP contribution in [0.25, 0.3) is 0 Å². The lowest BCUT2D eigenvalue weighted by atomic mass is 9.81. The highest BCUT2D eigenvalue weighted by atomic mass is 16.5. The number of ether oxygens (including phenoxy) is 1. The van der Waals surface area contributed by atoms with Crippen molar-refractivity contribution in [3.8, 4) is 0 Å². The number of rotatable bonds is 2. The van der Waals surface area contributed by atoms with Crippen LogP contribution in [0.3, 0.4) is 0 Å². The van der Waals surface area contributed by atoms with Crippen LogP contribution in [0.5, 0.6) is 0 Å². The Morgan fingerprint density at radius 1 is 1.45 bits per heavy atom. The third-order valence-corrected chi connectivity index (χ3v) is 3.12. The minimum atomic E-state index is 0.0225. The van der Waals surface area contributed by atoms with Gasteiger partial charge >= 0.3 is 0 Å². The molecule has 0 aliphatic carbocycles. The van der Waals surface area contributed by atoms with Crippen molar-refractivity contribution in [2.45, 2.75) is 31.0 Å². The molecule has 11 heavy (non-hydrogen) atoms. The van der Waals surface area contributed by atoms with E-state index in [-0.39, 0.29) is 5.60 Å². The van der Waals surface area contributed by atoms with E-state index in [2.05, 4.69) is 0 Å². The lowest BCUT2D eigenvalue weighted by Crippen LogP contribution is -2.36. The van der Waals surface area contributed by atoms with Crippen molar-refractivity contribution in [2.24, 2.45) is 17.4 Å². The van der Waals surface area contributed by atoms with Crippen LogP contribution in [0, 0.1) is 5.92 Å². The third kappa shape index (κ3) is 0.991. The van der Waals surface area contributed by atoms with Gasteiger partial charge < -0.3 is 16.2 Å². The van der Waals surface area contributed by atoms with Gasteiger partial charge in [0, 0.05) is 12.5 Å². The maximum absolute atomic E-state index is 5.81. The second-order valence-corrected chi connectivity index (χ2v) is 3.78. The predicted octanol–water partition coefficient (Wildman–Crippen LogP) is -0.159. The second-order valence-electron chi connectivity index (χ2n) is 3.78. The average Bonchev–Trinajstić information content (AvgIpc) is 2.61. The summed E-state index contributed by atoms with van der Waals surface area (Å²) in [6.07, 6.45) is 3.82. The summed E-state index contributed by atoms with van der Waals surface area (Å²) in [5, 5.41) is 0. The number of fused-ring (bicyclic) bond motifs is 2. The first-order valence-corrected chi connectivity index (χ1v) is 4.38. The fourth-order valence-electron chi connectivity index (χ4n) is 2.40. The molecule has 64 valence electrons. The average molecular weight is 156 g/mol. The van der Waals surface area contributed by atoms with Crippen LogP contribution in [-0.2, 0) is 4.74 Å². The van der Waals surface area contributed by atoms with E-state index in [9.17, 15) is 0 Å². The highest BCUT2D eigenvalue weighted by Crippen LogP contribution is 2.45. The van der Waals surface area contributed by atoms with Gasteiger partial charge in [0.15, 0.2) is 0 Å². The summed E-state index contributed by atoms with van der Waals surface area (Å²) in [6.45, 7) is 1.42. The maximum atomic E-state index is 5.81. The molecule has 0 spiro atoms. The van der Waals surface area contributed by atoms with Crippen LogP contribution >= 0.6 is 0 Å². The van der Waals surface area contributed by atoms with Gasteiger partial charge in [0.1, 0.15) is 0 Å². The Balaban J connectivity index is 2.08. The Morgan fingerprint density at radius 2 is 2.27 bits per heavy atom. The summed E-state index contributed by atoms with van der Waals surface area (Å²) in [5.74, 6) is 0.576. The Bertz CT molecular complexity index is 162. The Morgan fingerprint density at radius 3 is 2.73 bits per heavy atom. The number of hydrogen-bond acceptors (Lipinski definition) is 3. The summed E-state index contributed by atoms with van der Waals surface area (Å²) < 4.78 is 5.81. The number of hydrogen-bond donors (Lipinski definition) is 2. The molecule has 3 atom stereocenters. The van der Waals surface area contributed by atoms with Gasteiger partial charge in [-0.25, -0.2) is 0 Å². The molecule has 2 aliphatic heterocycles. The molecular formula is C8H16N2O. The van der Waals surface area contributed by atoms with Gasteiger partial charge in [-0.2, -0.15) is 0 Å². The fourth-order valence-corrected chi connectivity index (χ4v) is 2.40. The SMILES string of the molecule is NCC1CC2(CN)CCC1O2. The van der Waals surface area contributed by atoms with Gasteiger partial charge in [-0.15, -0.1) is 0 Å². The monoisotopic (exact) mass is 156 g/mol.